The van der Waals surface area contributed by atoms with Crippen molar-refractivity contribution < 1.29 is 33.2 Å². The molecule has 0 radical (unpaired) electrons. The number of hydrogen-bond donors (Lipinski definition) is 0. The van der Waals surface area contributed by atoms with E-state index in [1.807, 2.05) is 68.5 Å². The third-order valence-electron chi connectivity index (χ3n) is 7.51. The summed E-state index contributed by atoms with van der Waals surface area (Å²) in [6.45, 7) is 10.4. The third-order valence-corrected chi connectivity index (χ3v) is 7.51. The molecule has 3 aliphatic heterocycles. The fourth-order valence-electron chi connectivity index (χ4n) is 5.19. The first-order chi connectivity index (χ1) is 20.5. The van der Waals surface area contributed by atoms with Crippen molar-refractivity contribution >= 4 is 0 Å². The first kappa shape index (κ1) is 30.8. The molecule has 2 aromatic carbocycles. The molecule has 7 atom stereocenters. The quantitative estimate of drug-likeness (QED) is 0.204. The lowest BCUT2D eigenvalue weighted by Crippen LogP contribution is -2.44. The molecule has 0 spiro atoms. The van der Waals surface area contributed by atoms with Gasteiger partial charge >= 0.3 is 0 Å². The zero-order chi connectivity index (χ0) is 29.2. The molecule has 3 heterocycles. The zero-order valence-corrected chi connectivity index (χ0v) is 24.7. The summed E-state index contributed by atoms with van der Waals surface area (Å²) in [5.41, 5.74) is 2.24. The minimum absolute atomic E-state index is 0.00626. The van der Waals surface area contributed by atoms with Crippen molar-refractivity contribution in [3.8, 4) is 0 Å². The Labute approximate surface area is 250 Å². The molecular weight excluding hydrogens is 532 g/mol. The molecule has 7 heteroatoms. The highest BCUT2D eigenvalue weighted by atomic mass is 16.7. The van der Waals surface area contributed by atoms with E-state index >= 15 is 0 Å². The van der Waals surface area contributed by atoms with Crippen LogP contribution in [0.25, 0.3) is 0 Å². The van der Waals surface area contributed by atoms with Gasteiger partial charge in [-0.1, -0.05) is 91.0 Å². The van der Waals surface area contributed by atoms with Crippen molar-refractivity contribution in [2.45, 2.75) is 88.4 Å². The van der Waals surface area contributed by atoms with E-state index in [1.54, 1.807) is 0 Å². The van der Waals surface area contributed by atoms with Crippen molar-refractivity contribution in [3.05, 3.63) is 109 Å². The fraction of sp³-hybridized carbons (Fsp3) is 0.486. The minimum atomic E-state index is -0.580. The molecule has 0 bridgehead atoms. The summed E-state index contributed by atoms with van der Waals surface area (Å²) in [6.07, 6.45) is 10.1. The van der Waals surface area contributed by atoms with Crippen LogP contribution in [0.4, 0.5) is 0 Å². The third kappa shape index (κ3) is 9.44. The molecule has 0 N–H and O–H groups in total. The van der Waals surface area contributed by atoms with E-state index in [9.17, 15) is 0 Å². The number of ether oxygens (including phenoxy) is 7. The molecule has 2 saturated heterocycles. The maximum atomic E-state index is 6.78. The van der Waals surface area contributed by atoms with Crippen LogP contribution >= 0.6 is 0 Å². The van der Waals surface area contributed by atoms with Crippen LogP contribution in [-0.4, -0.2) is 68.3 Å². The van der Waals surface area contributed by atoms with Crippen molar-refractivity contribution in [1.29, 1.82) is 0 Å². The summed E-state index contributed by atoms with van der Waals surface area (Å²) in [7, 11) is 0. The van der Waals surface area contributed by atoms with Gasteiger partial charge in [-0.25, -0.2) is 0 Å². The molecule has 3 aliphatic rings. The highest BCUT2D eigenvalue weighted by Crippen LogP contribution is 2.28. The van der Waals surface area contributed by atoms with Crippen molar-refractivity contribution in [1.82, 2.24) is 0 Å². The first-order valence-electron chi connectivity index (χ1n) is 15.0. The maximum absolute atomic E-state index is 6.78. The highest BCUT2D eigenvalue weighted by Gasteiger charge is 2.38. The second-order valence-electron chi connectivity index (χ2n) is 11.4. The normalized spacial score (nSPS) is 30.4. The lowest BCUT2D eigenvalue weighted by atomic mass is 10.0. The summed E-state index contributed by atoms with van der Waals surface area (Å²) >= 11 is 0. The number of rotatable bonds is 14. The number of benzene rings is 2. The Kier molecular flexibility index (Phi) is 11.2. The van der Waals surface area contributed by atoms with E-state index in [0.717, 1.165) is 11.1 Å². The molecule has 0 aromatic heterocycles. The van der Waals surface area contributed by atoms with Gasteiger partial charge in [-0.15, -0.1) is 6.58 Å². The van der Waals surface area contributed by atoms with E-state index in [2.05, 4.69) is 43.0 Å². The van der Waals surface area contributed by atoms with Gasteiger partial charge in [0.1, 0.15) is 30.5 Å². The largest absolute Gasteiger partial charge is 0.374 e. The van der Waals surface area contributed by atoms with Crippen molar-refractivity contribution in [2.24, 2.45) is 0 Å². The highest BCUT2D eigenvalue weighted by molar-refractivity contribution is 5.14. The summed E-state index contributed by atoms with van der Waals surface area (Å²) in [5, 5.41) is 0. The summed E-state index contributed by atoms with van der Waals surface area (Å²) in [6, 6.07) is 20.4. The molecule has 0 aliphatic carbocycles. The first-order valence-corrected chi connectivity index (χ1v) is 15.0. The van der Waals surface area contributed by atoms with Gasteiger partial charge in [0.05, 0.1) is 45.2 Å². The van der Waals surface area contributed by atoms with Crippen LogP contribution in [0.3, 0.4) is 0 Å². The van der Waals surface area contributed by atoms with Crippen LogP contribution in [0.5, 0.6) is 0 Å². The Balaban J connectivity index is 1.28. The van der Waals surface area contributed by atoms with Gasteiger partial charge in [-0.2, -0.15) is 0 Å². The molecular formula is C35H44O7. The smallest absolute Gasteiger partial charge is 0.163 e. The molecule has 7 nitrogen and oxygen atoms in total. The molecule has 2 aromatic rings. The van der Waals surface area contributed by atoms with Gasteiger partial charge in [0.2, 0.25) is 0 Å². The van der Waals surface area contributed by atoms with Gasteiger partial charge in [0.25, 0.3) is 0 Å². The van der Waals surface area contributed by atoms with Gasteiger partial charge in [-0.3, -0.25) is 0 Å². The molecule has 226 valence electrons. The molecule has 0 saturated carbocycles. The van der Waals surface area contributed by atoms with Crippen LogP contribution in [0.2, 0.25) is 0 Å². The average molecular weight is 577 g/mol. The standard InChI is InChI=1S/C35H44O7/c1-4-12-30-31(40-32(33-25-38-33)20-19-28-23-39-35(2,3)42-28)18-11-17-29(37-22-27-15-9-6-10-16-27)34(41-30)24-36-21-26-13-7-5-8-14-26/h4-11,13-16,18-20,28-34H,1,12,17,21-25H2,2-3H3/b18-11-,20-19+/t28-,29+,30+,31-,32+,33-,34-/m0/s1. The Bertz CT molecular complexity index is 1140. The fourth-order valence-corrected chi connectivity index (χ4v) is 5.19. The Morgan fingerprint density at radius 2 is 1.69 bits per heavy atom. The summed E-state index contributed by atoms with van der Waals surface area (Å²) in [5.74, 6) is -0.580. The van der Waals surface area contributed by atoms with Crippen LogP contribution in [0.1, 0.15) is 37.8 Å². The second-order valence-corrected chi connectivity index (χ2v) is 11.4. The topological polar surface area (TPSA) is 67.9 Å². The Hall–Kier alpha value is -2.62. The predicted molar refractivity (Wildman–Crippen MR) is 161 cm³/mol. The number of hydrogen-bond acceptors (Lipinski definition) is 7. The van der Waals surface area contributed by atoms with Crippen LogP contribution in [-0.2, 0) is 46.4 Å². The van der Waals surface area contributed by atoms with E-state index in [-0.39, 0.29) is 42.7 Å². The SMILES string of the molecule is C=CC[C@H]1O[C@@H](COCc2ccccc2)[C@H](OCc2ccccc2)C/C=C\[C@@H]1O[C@H](/C=C/[C@H]1COC(C)(C)O1)[C@@H]1CO1. The molecule has 2 fully saturated rings. The zero-order valence-electron chi connectivity index (χ0n) is 24.7. The lowest BCUT2D eigenvalue weighted by molar-refractivity contribution is -0.164. The van der Waals surface area contributed by atoms with Gasteiger partial charge in [0, 0.05) is 0 Å². The average Bonchev–Trinajstić information content (AvgIpc) is 3.77. The number of epoxide rings is 1. The van der Waals surface area contributed by atoms with Gasteiger partial charge in [-0.05, 0) is 37.8 Å². The van der Waals surface area contributed by atoms with Gasteiger partial charge < -0.3 is 33.2 Å². The minimum Gasteiger partial charge on any atom is -0.374 e. The molecule has 5 rings (SSSR count). The lowest BCUT2D eigenvalue weighted by Gasteiger charge is -2.35. The van der Waals surface area contributed by atoms with Crippen molar-refractivity contribution in [3.63, 3.8) is 0 Å². The molecule has 0 unspecified atom stereocenters. The van der Waals surface area contributed by atoms with Crippen LogP contribution < -0.4 is 0 Å². The van der Waals surface area contributed by atoms with E-state index in [0.29, 0.717) is 45.9 Å². The summed E-state index contributed by atoms with van der Waals surface area (Å²) < 4.78 is 43.4. The molecule has 42 heavy (non-hydrogen) atoms. The predicted octanol–water partition coefficient (Wildman–Crippen LogP) is 5.94. The monoisotopic (exact) mass is 576 g/mol. The van der Waals surface area contributed by atoms with Crippen LogP contribution in [0, 0.1) is 0 Å². The van der Waals surface area contributed by atoms with Crippen LogP contribution in [0.15, 0.2) is 97.6 Å². The molecule has 0 amide bonds. The maximum Gasteiger partial charge on any atom is 0.163 e. The van der Waals surface area contributed by atoms with E-state index < -0.39 is 5.79 Å². The Morgan fingerprint density at radius 3 is 2.33 bits per heavy atom. The van der Waals surface area contributed by atoms with Crippen molar-refractivity contribution in [2.75, 3.05) is 19.8 Å². The summed E-state index contributed by atoms with van der Waals surface area (Å²) in [4.78, 5) is 0. The van der Waals surface area contributed by atoms with E-state index in [4.69, 9.17) is 33.2 Å². The van der Waals surface area contributed by atoms with E-state index in [1.165, 1.54) is 0 Å². The Morgan fingerprint density at radius 1 is 0.976 bits per heavy atom. The second kappa shape index (κ2) is 15.2. The van der Waals surface area contributed by atoms with Gasteiger partial charge in [0.15, 0.2) is 5.79 Å².